The van der Waals surface area contributed by atoms with Gasteiger partial charge in [-0.3, -0.25) is 0 Å². The highest BCUT2D eigenvalue weighted by Gasteiger charge is 2.21. The van der Waals surface area contributed by atoms with Gasteiger partial charge in [-0.25, -0.2) is 0 Å². The van der Waals surface area contributed by atoms with Gasteiger partial charge in [-0.15, -0.1) is 0 Å². The lowest BCUT2D eigenvalue weighted by atomic mass is 9.89. The fraction of sp³-hybridized carbons (Fsp3) is 0.625. The number of halogens is 1. The van der Waals surface area contributed by atoms with Crippen LogP contribution >= 0.6 is 11.6 Å². The van der Waals surface area contributed by atoms with Gasteiger partial charge in [0.1, 0.15) is 0 Å². The van der Waals surface area contributed by atoms with Crippen molar-refractivity contribution in [1.29, 1.82) is 0 Å². The van der Waals surface area contributed by atoms with Gasteiger partial charge in [0.05, 0.1) is 5.60 Å². The summed E-state index contributed by atoms with van der Waals surface area (Å²) >= 11 is 6.32. The summed E-state index contributed by atoms with van der Waals surface area (Å²) < 4.78 is 5.51. The molecule has 0 aliphatic heterocycles. The molecule has 0 aliphatic carbocycles. The Morgan fingerprint density at radius 2 is 2.00 bits per heavy atom. The first-order valence-corrected chi connectivity index (χ1v) is 7.38. The van der Waals surface area contributed by atoms with Crippen LogP contribution in [0, 0.1) is 0 Å². The third-order valence-electron chi connectivity index (χ3n) is 3.63. The number of likely N-dealkylation sites (N-methyl/N-ethyl adjacent to an activating group) is 1. The summed E-state index contributed by atoms with van der Waals surface area (Å²) in [6.45, 7) is 8.32. The first-order chi connectivity index (χ1) is 9.00. The average molecular weight is 284 g/mol. The Labute approximate surface area is 122 Å². The zero-order valence-corrected chi connectivity index (χ0v) is 13.3. The van der Waals surface area contributed by atoms with Crippen LogP contribution in [-0.2, 0) is 4.74 Å². The maximum absolute atomic E-state index is 6.32. The highest BCUT2D eigenvalue weighted by molar-refractivity contribution is 6.31. The van der Waals surface area contributed by atoms with Crippen molar-refractivity contribution in [3.8, 4) is 0 Å². The Bertz CT molecular complexity index is 379. The second-order valence-corrected chi connectivity index (χ2v) is 5.94. The smallest absolute Gasteiger partial charge is 0.0623 e. The Kier molecular flexibility index (Phi) is 6.84. The molecule has 0 amide bonds. The molecule has 0 radical (unpaired) electrons. The minimum absolute atomic E-state index is 0.0777. The van der Waals surface area contributed by atoms with Gasteiger partial charge in [0.2, 0.25) is 0 Å². The van der Waals surface area contributed by atoms with E-state index >= 15 is 0 Å². The number of rotatable bonds is 8. The number of nitrogens with one attached hydrogen (secondary N) is 1. The molecule has 19 heavy (non-hydrogen) atoms. The largest absolute Gasteiger partial charge is 0.379 e. The second-order valence-electron chi connectivity index (χ2n) is 5.53. The van der Waals surface area contributed by atoms with Gasteiger partial charge in [-0.1, -0.05) is 36.7 Å². The first kappa shape index (κ1) is 16.5. The number of hydrogen-bond acceptors (Lipinski definition) is 2. The van der Waals surface area contributed by atoms with E-state index in [1.165, 1.54) is 5.56 Å². The topological polar surface area (TPSA) is 21.3 Å². The van der Waals surface area contributed by atoms with Gasteiger partial charge < -0.3 is 10.1 Å². The molecule has 108 valence electrons. The van der Waals surface area contributed by atoms with Crippen LogP contribution in [0.15, 0.2) is 24.3 Å². The van der Waals surface area contributed by atoms with Gasteiger partial charge in [0.15, 0.2) is 0 Å². The van der Waals surface area contributed by atoms with Gasteiger partial charge >= 0.3 is 0 Å². The van der Waals surface area contributed by atoms with E-state index in [0.717, 1.165) is 31.0 Å². The van der Waals surface area contributed by atoms with Crippen molar-refractivity contribution in [2.75, 3.05) is 20.2 Å². The molecule has 1 aromatic carbocycles. The average Bonchev–Trinajstić information content (AvgIpc) is 2.40. The first-order valence-electron chi connectivity index (χ1n) is 7.00. The van der Waals surface area contributed by atoms with Crippen LogP contribution in [0.5, 0.6) is 0 Å². The van der Waals surface area contributed by atoms with Crippen LogP contribution in [0.1, 0.15) is 45.1 Å². The molecule has 1 rings (SSSR count). The lowest BCUT2D eigenvalue weighted by Gasteiger charge is -2.26. The van der Waals surface area contributed by atoms with Crippen LogP contribution in [-0.4, -0.2) is 25.8 Å². The number of benzene rings is 1. The summed E-state index contributed by atoms with van der Waals surface area (Å²) in [7, 11) is 1.77. The molecular weight excluding hydrogens is 258 g/mol. The molecule has 1 aromatic rings. The van der Waals surface area contributed by atoms with E-state index in [2.05, 4.69) is 38.2 Å². The van der Waals surface area contributed by atoms with Crippen molar-refractivity contribution in [1.82, 2.24) is 5.32 Å². The summed E-state index contributed by atoms with van der Waals surface area (Å²) in [5, 5.41) is 4.29. The van der Waals surface area contributed by atoms with Crippen molar-refractivity contribution < 1.29 is 4.74 Å². The Morgan fingerprint density at radius 1 is 1.32 bits per heavy atom. The molecule has 0 fully saturated rings. The monoisotopic (exact) mass is 283 g/mol. The van der Waals surface area contributed by atoms with E-state index in [4.69, 9.17) is 16.3 Å². The predicted octanol–water partition coefficient (Wildman–Crippen LogP) is 4.24. The SMILES string of the molecule is CCNCC(CCC(C)(C)OC)c1ccccc1Cl. The van der Waals surface area contributed by atoms with Crippen LogP contribution in [0.2, 0.25) is 5.02 Å². The van der Waals surface area contributed by atoms with Crippen molar-refractivity contribution in [3.05, 3.63) is 34.9 Å². The predicted molar refractivity (Wildman–Crippen MR) is 83.1 cm³/mol. The third-order valence-corrected chi connectivity index (χ3v) is 3.98. The molecule has 1 N–H and O–H groups in total. The fourth-order valence-electron chi connectivity index (χ4n) is 2.12. The highest BCUT2D eigenvalue weighted by atomic mass is 35.5. The van der Waals surface area contributed by atoms with Crippen LogP contribution in [0.3, 0.4) is 0 Å². The molecule has 0 aliphatic rings. The summed E-state index contributed by atoms with van der Waals surface area (Å²) in [6.07, 6.45) is 2.09. The van der Waals surface area contributed by atoms with Crippen molar-refractivity contribution in [3.63, 3.8) is 0 Å². The molecular formula is C16H26ClNO. The summed E-state index contributed by atoms with van der Waals surface area (Å²) in [4.78, 5) is 0. The summed E-state index contributed by atoms with van der Waals surface area (Å²) in [6, 6.07) is 8.14. The second kappa shape index (κ2) is 7.88. The van der Waals surface area contributed by atoms with E-state index in [1.54, 1.807) is 7.11 Å². The number of hydrogen-bond donors (Lipinski definition) is 1. The molecule has 2 nitrogen and oxygen atoms in total. The van der Waals surface area contributed by atoms with Crippen molar-refractivity contribution in [2.24, 2.45) is 0 Å². The third kappa shape index (κ3) is 5.52. The molecule has 1 unspecified atom stereocenters. The fourth-order valence-corrected chi connectivity index (χ4v) is 2.41. The lowest BCUT2D eigenvalue weighted by molar-refractivity contribution is 0.0124. The van der Waals surface area contributed by atoms with E-state index in [1.807, 2.05) is 12.1 Å². The number of methoxy groups -OCH3 is 1. The maximum Gasteiger partial charge on any atom is 0.0623 e. The minimum Gasteiger partial charge on any atom is -0.379 e. The molecule has 0 saturated carbocycles. The van der Waals surface area contributed by atoms with E-state index < -0.39 is 0 Å². The molecule has 0 aromatic heterocycles. The molecule has 0 bridgehead atoms. The molecule has 0 saturated heterocycles. The van der Waals surface area contributed by atoms with Crippen LogP contribution < -0.4 is 5.32 Å². The highest BCUT2D eigenvalue weighted by Crippen LogP contribution is 2.30. The van der Waals surface area contributed by atoms with E-state index in [9.17, 15) is 0 Å². The van der Waals surface area contributed by atoms with Crippen LogP contribution in [0.4, 0.5) is 0 Å². The minimum atomic E-state index is -0.0777. The Balaban J connectivity index is 2.75. The van der Waals surface area contributed by atoms with Gasteiger partial charge in [-0.05, 0) is 50.8 Å². The maximum atomic E-state index is 6.32. The van der Waals surface area contributed by atoms with Crippen LogP contribution in [0.25, 0.3) is 0 Å². The lowest BCUT2D eigenvalue weighted by Crippen LogP contribution is -2.26. The summed E-state index contributed by atoms with van der Waals surface area (Å²) in [5.74, 6) is 0.433. The van der Waals surface area contributed by atoms with Crippen molar-refractivity contribution in [2.45, 2.75) is 45.1 Å². The van der Waals surface area contributed by atoms with Gasteiger partial charge in [0.25, 0.3) is 0 Å². The quantitative estimate of drug-likeness (QED) is 0.770. The molecule has 3 heteroatoms. The normalized spacial score (nSPS) is 13.5. The van der Waals surface area contributed by atoms with E-state index in [0.29, 0.717) is 5.92 Å². The molecule has 0 heterocycles. The number of ether oxygens (including phenoxy) is 1. The van der Waals surface area contributed by atoms with Crippen molar-refractivity contribution >= 4 is 11.6 Å². The zero-order chi connectivity index (χ0) is 14.3. The summed E-state index contributed by atoms with van der Waals surface area (Å²) in [5.41, 5.74) is 1.16. The molecule has 0 spiro atoms. The zero-order valence-electron chi connectivity index (χ0n) is 12.5. The molecule has 1 atom stereocenters. The Morgan fingerprint density at radius 3 is 2.58 bits per heavy atom. The Hall–Kier alpha value is -0.570. The van der Waals surface area contributed by atoms with E-state index in [-0.39, 0.29) is 5.60 Å². The van der Waals surface area contributed by atoms with Gasteiger partial charge in [-0.2, -0.15) is 0 Å². The standard InChI is InChI=1S/C16H26ClNO/c1-5-18-12-13(10-11-16(2,3)19-4)14-8-6-7-9-15(14)17/h6-9,13,18H,5,10-12H2,1-4H3. The van der Waals surface area contributed by atoms with Gasteiger partial charge in [0, 0.05) is 18.7 Å².